The summed E-state index contributed by atoms with van der Waals surface area (Å²) in [6, 6.07) is 8.49. The number of ether oxygens (including phenoxy) is 1. The van der Waals surface area contributed by atoms with Gasteiger partial charge in [0.25, 0.3) is 5.91 Å². The third kappa shape index (κ3) is 3.33. The zero-order valence-corrected chi connectivity index (χ0v) is 11.3. The third-order valence-corrected chi connectivity index (χ3v) is 2.74. The van der Waals surface area contributed by atoms with Crippen LogP contribution < -0.4 is 5.32 Å². The second kappa shape index (κ2) is 6.47. The molecule has 0 fully saturated rings. The molecule has 7 heteroatoms. The van der Waals surface area contributed by atoms with Crippen molar-refractivity contribution in [1.29, 1.82) is 0 Å². The number of ketones is 1. The number of carbonyl (C=O) groups is 3. The molecule has 7 nitrogen and oxygen atoms in total. The van der Waals surface area contributed by atoms with Gasteiger partial charge in [-0.15, -0.1) is 0 Å². The summed E-state index contributed by atoms with van der Waals surface area (Å²) in [6.45, 7) is -0.284. The highest BCUT2D eigenvalue weighted by atomic mass is 16.5. The van der Waals surface area contributed by atoms with Gasteiger partial charge in [-0.2, -0.15) is 0 Å². The van der Waals surface area contributed by atoms with Crippen molar-refractivity contribution in [2.75, 3.05) is 13.7 Å². The van der Waals surface area contributed by atoms with Gasteiger partial charge in [-0.25, -0.2) is 4.98 Å². The van der Waals surface area contributed by atoms with E-state index in [-0.39, 0.29) is 23.7 Å². The number of hydrogen-bond donors (Lipinski definition) is 2. The molecule has 0 radical (unpaired) electrons. The van der Waals surface area contributed by atoms with Gasteiger partial charge in [0.1, 0.15) is 17.9 Å². The highest BCUT2D eigenvalue weighted by Gasteiger charge is 2.21. The zero-order chi connectivity index (χ0) is 15.2. The van der Waals surface area contributed by atoms with E-state index in [0.717, 1.165) is 0 Å². The smallest absolute Gasteiger partial charge is 0.325 e. The van der Waals surface area contributed by atoms with Crippen molar-refractivity contribution in [2.45, 2.75) is 0 Å². The molecule has 0 saturated heterocycles. The molecule has 1 heterocycles. The number of carbonyl (C=O) groups excluding carboxylic acids is 3. The first-order valence-electron chi connectivity index (χ1n) is 6.11. The average molecular weight is 287 g/mol. The maximum Gasteiger partial charge on any atom is 0.325 e. The molecular weight excluding hydrogens is 274 g/mol. The Labute approximate surface area is 120 Å². The van der Waals surface area contributed by atoms with Crippen LogP contribution in [0.15, 0.2) is 36.7 Å². The Kier molecular flexibility index (Phi) is 4.45. The van der Waals surface area contributed by atoms with Gasteiger partial charge >= 0.3 is 5.97 Å². The summed E-state index contributed by atoms with van der Waals surface area (Å²) in [6.07, 6.45) is 1.25. The first kappa shape index (κ1) is 14.4. The normalized spacial score (nSPS) is 9.95. The number of aromatic amines is 1. The number of H-pyrrole nitrogens is 1. The lowest BCUT2D eigenvalue weighted by molar-refractivity contribution is -0.139. The van der Waals surface area contributed by atoms with E-state index in [4.69, 9.17) is 0 Å². The molecule has 0 saturated carbocycles. The first-order chi connectivity index (χ1) is 10.1. The molecule has 1 aromatic heterocycles. The Morgan fingerprint density at radius 3 is 2.62 bits per heavy atom. The third-order valence-electron chi connectivity index (χ3n) is 2.74. The predicted octanol–water partition coefficient (Wildman–Crippen LogP) is 0.543. The lowest BCUT2D eigenvalue weighted by Crippen LogP contribution is -2.31. The highest BCUT2D eigenvalue weighted by Crippen LogP contribution is 2.10. The summed E-state index contributed by atoms with van der Waals surface area (Å²) in [7, 11) is 1.22. The number of amides is 1. The minimum Gasteiger partial charge on any atom is -0.468 e. The highest BCUT2D eigenvalue weighted by molar-refractivity contribution is 6.13. The summed E-state index contributed by atoms with van der Waals surface area (Å²) < 4.78 is 4.42. The zero-order valence-electron chi connectivity index (χ0n) is 11.3. The molecule has 1 aromatic carbocycles. The van der Waals surface area contributed by atoms with Crippen LogP contribution >= 0.6 is 0 Å². The molecule has 0 aliphatic rings. The second-order valence-electron chi connectivity index (χ2n) is 4.08. The Hall–Kier alpha value is -2.96. The molecule has 108 valence electrons. The number of benzene rings is 1. The number of nitrogens with one attached hydrogen (secondary N) is 2. The van der Waals surface area contributed by atoms with Crippen LogP contribution in [0.3, 0.4) is 0 Å². The molecule has 0 spiro atoms. The molecule has 21 heavy (non-hydrogen) atoms. The first-order valence-corrected chi connectivity index (χ1v) is 6.11. The molecule has 0 aliphatic carbocycles. The van der Waals surface area contributed by atoms with Crippen molar-refractivity contribution >= 4 is 17.7 Å². The number of nitrogens with zero attached hydrogens (tertiary/aromatic N) is 1. The maximum absolute atomic E-state index is 12.3. The van der Waals surface area contributed by atoms with Gasteiger partial charge in [0.05, 0.1) is 13.4 Å². The van der Waals surface area contributed by atoms with Gasteiger partial charge in [0.15, 0.2) is 0 Å². The van der Waals surface area contributed by atoms with Gasteiger partial charge in [-0.1, -0.05) is 30.3 Å². The number of imidazole rings is 1. The molecular formula is C14H13N3O4. The van der Waals surface area contributed by atoms with E-state index in [1.54, 1.807) is 30.3 Å². The predicted molar refractivity (Wildman–Crippen MR) is 72.8 cm³/mol. The van der Waals surface area contributed by atoms with Crippen molar-refractivity contribution in [3.63, 3.8) is 0 Å². The van der Waals surface area contributed by atoms with Gasteiger partial charge in [0.2, 0.25) is 5.78 Å². The topological polar surface area (TPSA) is 101 Å². The van der Waals surface area contributed by atoms with Crippen molar-refractivity contribution in [1.82, 2.24) is 15.3 Å². The van der Waals surface area contributed by atoms with E-state index >= 15 is 0 Å². The van der Waals surface area contributed by atoms with Crippen molar-refractivity contribution < 1.29 is 19.1 Å². The van der Waals surface area contributed by atoms with Crippen LogP contribution in [0.1, 0.15) is 26.5 Å². The van der Waals surface area contributed by atoms with Crippen LogP contribution in [-0.2, 0) is 9.53 Å². The van der Waals surface area contributed by atoms with E-state index in [1.807, 2.05) is 0 Å². The standard InChI is InChI=1S/C14H13N3O4/c1-21-10(18)7-15-14(20)12-11(16-8-17-12)13(19)9-5-3-2-4-6-9/h2-6,8H,7H2,1H3,(H,15,20)(H,16,17). The monoisotopic (exact) mass is 287 g/mol. The molecule has 2 rings (SSSR count). The van der Waals surface area contributed by atoms with Gasteiger partial charge in [0, 0.05) is 5.56 Å². The summed E-state index contributed by atoms with van der Waals surface area (Å²) in [4.78, 5) is 41.7. The fraction of sp³-hybridized carbons (Fsp3) is 0.143. The van der Waals surface area contributed by atoms with E-state index in [1.165, 1.54) is 13.4 Å². The Balaban J connectivity index is 2.17. The molecule has 2 N–H and O–H groups in total. The lowest BCUT2D eigenvalue weighted by Gasteiger charge is -2.04. The van der Waals surface area contributed by atoms with Gasteiger partial charge < -0.3 is 15.0 Å². The number of methoxy groups -OCH3 is 1. The SMILES string of the molecule is COC(=O)CNC(=O)c1[nH]cnc1C(=O)c1ccccc1. The van der Waals surface area contributed by atoms with Crippen molar-refractivity contribution in [2.24, 2.45) is 0 Å². The molecule has 0 bridgehead atoms. The number of esters is 1. The molecule has 1 amide bonds. The fourth-order valence-corrected chi connectivity index (χ4v) is 1.68. The van der Waals surface area contributed by atoms with Crippen LogP contribution in [0, 0.1) is 0 Å². The van der Waals surface area contributed by atoms with E-state index < -0.39 is 11.9 Å². The summed E-state index contributed by atoms with van der Waals surface area (Å²) in [5.74, 6) is -1.56. The van der Waals surface area contributed by atoms with Crippen LogP contribution in [0.2, 0.25) is 0 Å². The van der Waals surface area contributed by atoms with E-state index in [0.29, 0.717) is 5.56 Å². The van der Waals surface area contributed by atoms with Crippen LogP contribution in [0.5, 0.6) is 0 Å². The maximum atomic E-state index is 12.3. The summed E-state index contributed by atoms with van der Waals surface area (Å²) in [5, 5.41) is 2.35. The minimum atomic E-state index is -0.600. The van der Waals surface area contributed by atoms with Crippen molar-refractivity contribution in [3.05, 3.63) is 53.6 Å². The van der Waals surface area contributed by atoms with Gasteiger partial charge in [-0.05, 0) is 0 Å². The number of hydrogen-bond acceptors (Lipinski definition) is 5. The van der Waals surface area contributed by atoms with Gasteiger partial charge in [-0.3, -0.25) is 14.4 Å². The van der Waals surface area contributed by atoms with Crippen LogP contribution in [-0.4, -0.2) is 41.3 Å². The Morgan fingerprint density at radius 2 is 1.95 bits per heavy atom. The largest absolute Gasteiger partial charge is 0.468 e. The number of rotatable bonds is 5. The summed E-state index contributed by atoms with van der Waals surface area (Å²) >= 11 is 0. The van der Waals surface area contributed by atoms with Crippen molar-refractivity contribution in [3.8, 4) is 0 Å². The summed E-state index contributed by atoms with van der Waals surface area (Å²) in [5.41, 5.74) is 0.433. The van der Waals surface area contributed by atoms with E-state index in [9.17, 15) is 14.4 Å². The molecule has 0 unspecified atom stereocenters. The Bertz CT molecular complexity index is 664. The quantitative estimate of drug-likeness (QED) is 0.617. The average Bonchev–Trinajstić information content (AvgIpc) is 3.01. The second-order valence-corrected chi connectivity index (χ2v) is 4.08. The minimum absolute atomic E-state index is 0.00330. The van der Waals surface area contributed by atoms with Crippen LogP contribution in [0.25, 0.3) is 0 Å². The fourth-order valence-electron chi connectivity index (χ4n) is 1.68. The van der Waals surface area contributed by atoms with E-state index in [2.05, 4.69) is 20.0 Å². The van der Waals surface area contributed by atoms with Crippen LogP contribution in [0.4, 0.5) is 0 Å². The molecule has 2 aromatic rings. The Morgan fingerprint density at radius 1 is 1.24 bits per heavy atom. The molecule has 0 aliphatic heterocycles. The lowest BCUT2D eigenvalue weighted by atomic mass is 10.1. The number of aromatic nitrogens is 2. The molecule has 0 atom stereocenters.